The lowest BCUT2D eigenvalue weighted by atomic mass is 10.1. The highest BCUT2D eigenvalue weighted by Crippen LogP contribution is 2.30. The molecule has 0 saturated carbocycles. The Kier molecular flexibility index (Phi) is 5.32. The van der Waals surface area contributed by atoms with Crippen LogP contribution in [-0.4, -0.2) is 28.3 Å². The maximum absolute atomic E-state index is 12.5. The van der Waals surface area contributed by atoms with Gasteiger partial charge in [0.2, 0.25) is 0 Å². The summed E-state index contributed by atoms with van der Waals surface area (Å²) in [7, 11) is 0. The number of aromatic amines is 1. The average Bonchev–Trinajstić information content (AvgIpc) is 3.00. The lowest BCUT2D eigenvalue weighted by Crippen LogP contribution is -2.12. The van der Waals surface area contributed by atoms with E-state index in [1.807, 2.05) is 35.7 Å². The van der Waals surface area contributed by atoms with Crippen LogP contribution in [0.25, 0.3) is 21.3 Å². The van der Waals surface area contributed by atoms with Crippen molar-refractivity contribution in [3.05, 3.63) is 51.9 Å². The maximum atomic E-state index is 12.5. The van der Waals surface area contributed by atoms with E-state index in [2.05, 4.69) is 9.97 Å². The van der Waals surface area contributed by atoms with Gasteiger partial charge in [0.05, 0.1) is 23.5 Å². The number of fused-ring (bicyclic) bond motifs is 1. The maximum Gasteiger partial charge on any atom is 0.315 e. The summed E-state index contributed by atoms with van der Waals surface area (Å²) >= 11 is 2.83. The Morgan fingerprint density at radius 1 is 1.33 bits per heavy atom. The van der Waals surface area contributed by atoms with Gasteiger partial charge in [-0.15, -0.1) is 23.1 Å². The molecule has 2 heterocycles. The average molecular weight is 360 g/mol. The first-order chi connectivity index (χ1) is 11.7. The van der Waals surface area contributed by atoms with Crippen molar-refractivity contribution in [3.8, 4) is 11.1 Å². The van der Waals surface area contributed by atoms with Gasteiger partial charge in [0, 0.05) is 10.9 Å². The number of ether oxygens (including phenoxy) is 1. The Labute approximate surface area is 147 Å². The van der Waals surface area contributed by atoms with Crippen LogP contribution in [-0.2, 0) is 15.3 Å². The van der Waals surface area contributed by atoms with E-state index in [4.69, 9.17) is 4.74 Å². The Balaban J connectivity index is 1.82. The third-order valence-corrected chi connectivity index (χ3v) is 5.13. The predicted octanol–water partition coefficient (Wildman–Crippen LogP) is 3.45. The first-order valence-corrected chi connectivity index (χ1v) is 9.51. The molecule has 2 aromatic heterocycles. The Hall–Kier alpha value is -2.12. The summed E-state index contributed by atoms with van der Waals surface area (Å²) in [5.74, 6) is 1.02. The fourth-order valence-electron chi connectivity index (χ4n) is 2.33. The number of hydrogen-bond acceptors (Lipinski definition) is 6. The first kappa shape index (κ1) is 16.7. The summed E-state index contributed by atoms with van der Waals surface area (Å²) in [6.07, 6.45) is 0. The number of aromatic nitrogens is 2. The number of nitrogens with zero attached hydrogens (tertiary/aromatic N) is 1. The van der Waals surface area contributed by atoms with Crippen LogP contribution in [0.1, 0.15) is 12.7 Å². The molecule has 3 aromatic rings. The number of hydrogen-bond donors (Lipinski definition) is 1. The number of thiophene rings is 1. The Bertz CT molecular complexity index is 903. The zero-order valence-corrected chi connectivity index (χ0v) is 14.7. The number of benzene rings is 1. The minimum absolute atomic E-state index is 0.146. The molecule has 1 N–H and O–H groups in total. The van der Waals surface area contributed by atoms with E-state index in [-0.39, 0.29) is 17.3 Å². The summed E-state index contributed by atoms with van der Waals surface area (Å²) < 4.78 is 4.88. The van der Waals surface area contributed by atoms with Gasteiger partial charge < -0.3 is 9.72 Å². The third kappa shape index (κ3) is 3.68. The molecule has 0 bridgehead atoms. The minimum Gasteiger partial charge on any atom is -0.465 e. The largest absolute Gasteiger partial charge is 0.465 e. The third-order valence-electron chi connectivity index (χ3n) is 3.34. The monoisotopic (exact) mass is 360 g/mol. The highest BCUT2D eigenvalue weighted by molar-refractivity contribution is 7.99. The van der Waals surface area contributed by atoms with Crippen molar-refractivity contribution in [1.29, 1.82) is 0 Å². The van der Waals surface area contributed by atoms with E-state index in [0.717, 1.165) is 11.1 Å². The van der Waals surface area contributed by atoms with E-state index in [0.29, 0.717) is 28.4 Å². The molecule has 0 fully saturated rings. The molecular weight excluding hydrogens is 344 g/mol. The molecule has 0 spiro atoms. The van der Waals surface area contributed by atoms with Crippen LogP contribution < -0.4 is 5.56 Å². The fourth-order valence-corrected chi connectivity index (χ4v) is 3.97. The topological polar surface area (TPSA) is 72.0 Å². The number of nitrogens with one attached hydrogen (secondary N) is 1. The van der Waals surface area contributed by atoms with Crippen LogP contribution in [0, 0.1) is 0 Å². The minimum atomic E-state index is -0.256. The van der Waals surface area contributed by atoms with Crippen LogP contribution in [0.4, 0.5) is 0 Å². The fraction of sp³-hybridized carbons (Fsp3) is 0.235. The van der Waals surface area contributed by atoms with Gasteiger partial charge in [-0.2, -0.15) is 0 Å². The summed E-state index contributed by atoms with van der Waals surface area (Å²) in [6, 6.07) is 9.79. The molecule has 0 saturated heterocycles. The van der Waals surface area contributed by atoms with Crippen molar-refractivity contribution in [3.63, 3.8) is 0 Å². The molecule has 0 amide bonds. The smallest absolute Gasteiger partial charge is 0.315 e. The quantitative estimate of drug-likeness (QED) is 0.682. The highest BCUT2D eigenvalue weighted by Gasteiger charge is 2.13. The molecule has 0 aliphatic carbocycles. The van der Waals surface area contributed by atoms with Gasteiger partial charge in [0.25, 0.3) is 5.56 Å². The van der Waals surface area contributed by atoms with E-state index < -0.39 is 0 Å². The zero-order valence-electron chi connectivity index (χ0n) is 13.1. The van der Waals surface area contributed by atoms with Gasteiger partial charge in [0.15, 0.2) is 0 Å². The Morgan fingerprint density at radius 2 is 2.12 bits per heavy atom. The van der Waals surface area contributed by atoms with Crippen LogP contribution in [0.15, 0.2) is 40.5 Å². The molecule has 5 nitrogen and oxygen atoms in total. The second kappa shape index (κ2) is 7.63. The standard InChI is InChI=1S/C17H16N2O3S2/c1-2-22-14(20)10-23-9-13-18-16(21)15-12(8-24-17(15)19-13)11-6-4-3-5-7-11/h3-8H,2,9-10H2,1H3,(H,18,19,21). The Morgan fingerprint density at radius 3 is 2.88 bits per heavy atom. The molecule has 0 aliphatic rings. The normalized spacial score (nSPS) is 10.9. The summed E-state index contributed by atoms with van der Waals surface area (Å²) in [6.45, 7) is 2.15. The van der Waals surface area contributed by atoms with Gasteiger partial charge >= 0.3 is 5.97 Å². The lowest BCUT2D eigenvalue weighted by molar-refractivity contribution is -0.139. The number of esters is 1. The van der Waals surface area contributed by atoms with Crippen LogP contribution in [0.2, 0.25) is 0 Å². The van der Waals surface area contributed by atoms with E-state index >= 15 is 0 Å². The molecule has 0 atom stereocenters. The van der Waals surface area contributed by atoms with Gasteiger partial charge in [-0.1, -0.05) is 30.3 Å². The summed E-state index contributed by atoms with van der Waals surface area (Å²) in [5, 5.41) is 2.57. The van der Waals surface area contributed by atoms with Crippen molar-refractivity contribution in [1.82, 2.24) is 9.97 Å². The second-order valence-corrected chi connectivity index (χ2v) is 6.85. The molecule has 7 heteroatoms. The van der Waals surface area contributed by atoms with Crippen molar-refractivity contribution in [2.45, 2.75) is 12.7 Å². The zero-order chi connectivity index (χ0) is 16.9. The predicted molar refractivity (Wildman–Crippen MR) is 98.5 cm³/mol. The number of rotatable bonds is 6. The van der Waals surface area contributed by atoms with E-state index in [9.17, 15) is 9.59 Å². The molecule has 124 valence electrons. The summed E-state index contributed by atoms with van der Waals surface area (Å²) in [4.78, 5) is 31.9. The number of carbonyl (C=O) groups is 1. The molecule has 3 rings (SSSR count). The van der Waals surface area contributed by atoms with Gasteiger partial charge in [-0.25, -0.2) is 4.98 Å². The van der Waals surface area contributed by atoms with Crippen LogP contribution in [0.3, 0.4) is 0 Å². The lowest BCUT2D eigenvalue weighted by Gasteiger charge is -2.03. The molecule has 0 unspecified atom stereocenters. The van der Waals surface area contributed by atoms with Crippen molar-refractivity contribution < 1.29 is 9.53 Å². The van der Waals surface area contributed by atoms with Crippen LogP contribution in [0.5, 0.6) is 0 Å². The molecule has 0 aliphatic heterocycles. The van der Waals surface area contributed by atoms with E-state index in [1.165, 1.54) is 23.1 Å². The summed E-state index contributed by atoms with van der Waals surface area (Å²) in [5.41, 5.74) is 1.75. The second-order valence-electron chi connectivity index (χ2n) is 5.01. The van der Waals surface area contributed by atoms with Crippen molar-refractivity contribution in [2.75, 3.05) is 12.4 Å². The molecule has 1 aromatic carbocycles. The molecular formula is C17H16N2O3S2. The first-order valence-electron chi connectivity index (χ1n) is 7.48. The van der Waals surface area contributed by atoms with Gasteiger partial charge in [0.1, 0.15) is 10.7 Å². The van der Waals surface area contributed by atoms with Gasteiger partial charge in [-0.3, -0.25) is 9.59 Å². The van der Waals surface area contributed by atoms with Crippen molar-refractivity contribution in [2.24, 2.45) is 0 Å². The van der Waals surface area contributed by atoms with Crippen molar-refractivity contribution >= 4 is 39.3 Å². The van der Waals surface area contributed by atoms with Crippen LogP contribution >= 0.6 is 23.1 Å². The number of H-pyrrole nitrogens is 1. The van der Waals surface area contributed by atoms with Gasteiger partial charge in [-0.05, 0) is 12.5 Å². The molecule has 0 radical (unpaired) electrons. The highest BCUT2D eigenvalue weighted by atomic mass is 32.2. The van der Waals surface area contributed by atoms with E-state index in [1.54, 1.807) is 6.92 Å². The number of thioether (sulfide) groups is 1. The number of carbonyl (C=O) groups excluding carboxylic acids is 1. The molecule has 24 heavy (non-hydrogen) atoms. The SMILES string of the molecule is CCOC(=O)CSCc1nc2scc(-c3ccccc3)c2c(=O)[nH]1.